The maximum absolute atomic E-state index is 13.3. The minimum Gasteiger partial charge on any atom is -0.480 e. The Morgan fingerprint density at radius 2 is 1.71 bits per heavy atom. The topological polar surface area (TPSA) is 141 Å². The van der Waals surface area contributed by atoms with Crippen LogP contribution in [0.2, 0.25) is 0 Å². The zero-order valence-electron chi connectivity index (χ0n) is 16.5. The van der Waals surface area contributed by atoms with Gasteiger partial charge in [-0.3, -0.25) is 24.6 Å². The van der Waals surface area contributed by atoms with Crippen LogP contribution in [0.15, 0.2) is 59.5 Å². The molecule has 1 heterocycles. The molecule has 0 spiro atoms. The van der Waals surface area contributed by atoms with E-state index in [1.54, 1.807) is 0 Å². The summed E-state index contributed by atoms with van der Waals surface area (Å²) in [5, 5.41) is 19.9. The number of fused-ring (bicyclic) bond motifs is 1. The predicted octanol–water partition coefficient (Wildman–Crippen LogP) is 1.28. The summed E-state index contributed by atoms with van der Waals surface area (Å²) in [5.74, 6) is -3.25. The van der Waals surface area contributed by atoms with Crippen molar-refractivity contribution in [2.24, 2.45) is 0 Å². The number of carbonyl (C=O) groups is 3. The van der Waals surface area contributed by atoms with Crippen molar-refractivity contribution in [3.05, 3.63) is 60.2 Å². The van der Waals surface area contributed by atoms with Crippen molar-refractivity contribution in [2.75, 3.05) is 11.4 Å². The quantitative estimate of drug-likeness (QED) is 0.551. The van der Waals surface area contributed by atoms with E-state index in [0.29, 0.717) is 6.42 Å². The Hall–Kier alpha value is -3.24. The fourth-order valence-corrected chi connectivity index (χ4v) is 5.25. The lowest BCUT2D eigenvalue weighted by Crippen LogP contribution is -2.48. The molecular formula is C21H22N2O7S. The van der Waals surface area contributed by atoms with Crippen molar-refractivity contribution in [3.8, 4) is 0 Å². The average Bonchev–Trinajstić information content (AvgIpc) is 2.80. The number of carboxylic acid groups (broad SMARTS) is 2. The molecular weight excluding hydrogens is 424 g/mol. The van der Waals surface area contributed by atoms with Crippen LogP contribution in [0.1, 0.15) is 18.4 Å². The number of para-hydroxylation sites is 1. The van der Waals surface area contributed by atoms with Gasteiger partial charge in [0.15, 0.2) is 9.84 Å². The Kier molecular flexibility index (Phi) is 6.71. The molecule has 10 heteroatoms. The summed E-state index contributed by atoms with van der Waals surface area (Å²) in [4.78, 5) is 36.5. The zero-order valence-corrected chi connectivity index (χ0v) is 17.3. The summed E-state index contributed by atoms with van der Waals surface area (Å²) < 4.78 is 26.5. The Labute approximate surface area is 179 Å². The Morgan fingerprint density at radius 3 is 2.35 bits per heavy atom. The minimum absolute atomic E-state index is 0.0321. The number of benzene rings is 2. The van der Waals surface area contributed by atoms with Crippen LogP contribution < -0.4 is 10.2 Å². The van der Waals surface area contributed by atoms with Gasteiger partial charge in [0.25, 0.3) is 0 Å². The van der Waals surface area contributed by atoms with E-state index in [-0.39, 0.29) is 17.0 Å². The second kappa shape index (κ2) is 9.27. The first-order chi connectivity index (χ1) is 14.7. The standard InChI is InChI=1S/C21H22N2O7S/c24-19-12-18(22-15(21(27)28)11-10-14-6-2-1-3-7-14)31(29,30)17-9-5-4-8-16(17)23(19)13-20(25)26/h1-9,15,18,22H,10-13H2,(H,25,26)(H,27,28). The number of carbonyl (C=O) groups excluding carboxylic acids is 1. The molecule has 1 amide bonds. The summed E-state index contributed by atoms with van der Waals surface area (Å²) >= 11 is 0. The molecule has 0 aliphatic carbocycles. The number of rotatable bonds is 8. The van der Waals surface area contributed by atoms with Gasteiger partial charge < -0.3 is 10.2 Å². The highest BCUT2D eigenvalue weighted by Crippen LogP contribution is 2.33. The van der Waals surface area contributed by atoms with Crippen LogP contribution in [-0.4, -0.2) is 54.4 Å². The molecule has 0 fully saturated rings. The van der Waals surface area contributed by atoms with E-state index in [9.17, 15) is 27.9 Å². The number of sulfone groups is 1. The Balaban J connectivity index is 1.90. The minimum atomic E-state index is -4.16. The lowest BCUT2D eigenvalue weighted by atomic mass is 10.1. The molecule has 9 nitrogen and oxygen atoms in total. The average molecular weight is 446 g/mol. The van der Waals surface area contributed by atoms with Gasteiger partial charge >= 0.3 is 11.9 Å². The van der Waals surface area contributed by atoms with Crippen molar-refractivity contribution in [3.63, 3.8) is 0 Å². The molecule has 0 bridgehead atoms. The van der Waals surface area contributed by atoms with E-state index >= 15 is 0 Å². The van der Waals surface area contributed by atoms with Crippen LogP contribution in [0.25, 0.3) is 0 Å². The van der Waals surface area contributed by atoms with Crippen molar-refractivity contribution in [1.82, 2.24) is 5.32 Å². The molecule has 0 saturated carbocycles. The fraction of sp³-hybridized carbons (Fsp3) is 0.286. The van der Waals surface area contributed by atoms with E-state index in [0.717, 1.165) is 10.5 Å². The highest BCUT2D eigenvalue weighted by molar-refractivity contribution is 7.92. The highest BCUT2D eigenvalue weighted by atomic mass is 32.2. The van der Waals surface area contributed by atoms with Gasteiger partial charge in [-0.1, -0.05) is 42.5 Å². The molecule has 31 heavy (non-hydrogen) atoms. The van der Waals surface area contributed by atoms with Gasteiger partial charge in [-0.15, -0.1) is 0 Å². The molecule has 2 aromatic rings. The van der Waals surface area contributed by atoms with Crippen LogP contribution in [0.3, 0.4) is 0 Å². The second-order valence-electron chi connectivity index (χ2n) is 7.16. The van der Waals surface area contributed by atoms with Crippen LogP contribution in [-0.2, 0) is 30.6 Å². The van der Waals surface area contributed by atoms with Crippen LogP contribution in [0, 0.1) is 0 Å². The number of carboxylic acids is 2. The highest BCUT2D eigenvalue weighted by Gasteiger charge is 2.40. The number of hydrogen-bond donors (Lipinski definition) is 3. The van der Waals surface area contributed by atoms with Gasteiger partial charge in [0.05, 0.1) is 17.0 Å². The molecule has 3 N–H and O–H groups in total. The smallest absolute Gasteiger partial charge is 0.323 e. The van der Waals surface area contributed by atoms with Gasteiger partial charge in [-0.25, -0.2) is 8.42 Å². The molecule has 3 rings (SSSR count). The van der Waals surface area contributed by atoms with E-state index in [2.05, 4.69) is 5.32 Å². The third-order valence-corrected chi connectivity index (χ3v) is 7.05. The van der Waals surface area contributed by atoms with Crippen molar-refractivity contribution in [1.29, 1.82) is 0 Å². The maximum atomic E-state index is 13.3. The molecule has 2 atom stereocenters. The van der Waals surface area contributed by atoms with Gasteiger partial charge in [0.2, 0.25) is 5.91 Å². The molecule has 0 aromatic heterocycles. The number of hydrogen-bond acceptors (Lipinski definition) is 6. The SMILES string of the molecule is O=C(O)CN1C(=O)CC(NC(CCc2ccccc2)C(=O)O)S(=O)(=O)c2ccccc21. The third kappa shape index (κ3) is 5.09. The van der Waals surface area contributed by atoms with Crippen molar-refractivity contribution >= 4 is 33.4 Å². The fourth-order valence-electron chi connectivity index (χ4n) is 3.50. The van der Waals surface area contributed by atoms with Gasteiger partial charge in [0, 0.05) is 0 Å². The lowest BCUT2D eigenvalue weighted by molar-refractivity contribution is -0.140. The number of nitrogens with one attached hydrogen (secondary N) is 1. The van der Waals surface area contributed by atoms with Crippen molar-refractivity contribution < 1.29 is 33.0 Å². The largest absolute Gasteiger partial charge is 0.480 e. The van der Waals surface area contributed by atoms with E-state index in [1.165, 1.54) is 24.3 Å². The number of anilines is 1. The van der Waals surface area contributed by atoms with Gasteiger partial charge in [-0.2, -0.15) is 0 Å². The molecule has 2 unspecified atom stereocenters. The Morgan fingerprint density at radius 1 is 1.06 bits per heavy atom. The van der Waals surface area contributed by atoms with E-state index in [4.69, 9.17) is 5.11 Å². The van der Waals surface area contributed by atoms with Crippen LogP contribution >= 0.6 is 0 Å². The normalized spacial score (nSPS) is 18.6. The Bertz CT molecular complexity index is 1090. The summed E-state index contributed by atoms with van der Waals surface area (Å²) in [7, 11) is -4.16. The molecule has 0 saturated heterocycles. The summed E-state index contributed by atoms with van der Waals surface area (Å²) in [6.07, 6.45) is -0.0767. The van der Waals surface area contributed by atoms with Crippen LogP contribution in [0.4, 0.5) is 5.69 Å². The first-order valence-electron chi connectivity index (χ1n) is 9.58. The summed E-state index contributed by atoms with van der Waals surface area (Å²) in [5.41, 5.74) is 0.865. The monoisotopic (exact) mass is 446 g/mol. The molecule has 1 aliphatic rings. The molecule has 2 aromatic carbocycles. The molecule has 164 valence electrons. The summed E-state index contributed by atoms with van der Waals surface area (Å²) in [6, 6.07) is 13.5. The lowest BCUT2D eigenvalue weighted by Gasteiger charge is -2.22. The summed E-state index contributed by atoms with van der Waals surface area (Å²) in [6.45, 7) is -0.700. The molecule has 1 aliphatic heterocycles. The third-order valence-electron chi connectivity index (χ3n) is 5.04. The number of amides is 1. The number of nitrogens with zero attached hydrogens (tertiary/aromatic N) is 1. The van der Waals surface area contributed by atoms with Gasteiger partial charge in [-0.05, 0) is 30.5 Å². The van der Waals surface area contributed by atoms with E-state index < -0.39 is 52.1 Å². The van der Waals surface area contributed by atoms with Gasteiger partial charge in [0.1, 0.15) is 18.0 Å². The first-order valence-corrected chi connectivity index (χ1v) is 11.1. The predicted molar refractivity (Wildman–Crippen MR) is 111 cm³/mol. The first kappa shape index (κ1) is 22.4. The van der Waals surface area contributed by atoms with Crippen LogP contribution in [0.5, 0.6) is 0 Å². The second-order valence-corrected chi connectivity index (χ2v) is 9.26. The zero-order chi connectivity index (χ0) is 22.6. The number of aliphatic carboxylic acids is 2. The molecule has 0 radical (unpaired) electrons. The van der Waals surface area contributed by atoms with E-state index in [1.807, 2.05) is 30.3 Å². The maximum Gasteiger partial charge on any atom is 0.323 e. The number of aryl methyl sites for hydroxylation is 1. The van der Waals surface area contributed by atoms with Crippen molar-refractivity contribution in [2.45, 2.75) is 35.6 Å².